The Bertz CT molecular complexity index is 882. The van der Waals surface area contributed by atoms with Crippen LogP contribution in [-0.4, -0.2) is 24.9 Å². The summed E-state index contributed by atoms with van der Waals surface area (Å²) >= 11 is 0. The van der Waals surface area contributed by atoms with Gasteiger partial charge in [0, 0.05) is 0 Å². The van der Waals surface area contributed by atoms with Gasteiger partial charge in [-0.3, -0.25) is 14.5 Å². The van der Waals surface area contributed by atoms with Crippen molar-refractivity contribution < 1.29 is 23.3 Å². The van der Waals surface area contributed by atoms with Crippen molar-refractivity contribution in [3.63, 3.8) is 0 Å². The summed E-state index contributed by atoms with van der Waals surface area (Å²) < 4.78 is 10.9. The van der Waals surface area contributed by atoms with Crippen molar-refractivity contribution in [2.75, 3.05) is 23.3 Å². The third-order valence-corrected chi connectivity index (χ3v) is 4.48. The highest BCUT2D eigenvalue weighted by Gasteiger charge is 2.29. The topological polar surface area (TPSA) is 80.1 Å². The third kappa shape index (κ3) is 3.93. The number of carbonyl (C=O) groups is 2. The molecule has 2 N–H and O–H groups in total. The van der Waals surface area contributed by atoms with Crippen molar-refractivity contribution in [3.05, 3.63) is 72.6 Å². The molecule has 1 aliphatic rings. The normalized spacial score (nSPS) is 13.5. The number of quaternary nitrogens is 1. The molecule has 7 heteroatoms. The molecule has 0 fully saturated rings. The summed E-state index contributed by atoms with van der Waals surface area (Å²) in [4.78, 5) is 27.5. The summed E-state index contributed by atoms with van der Waals surface area (Å²) in [7, 11) is 0. The van der Waals surface area contributed by atoms with Gasteiger partial charge in [-0.2, -0.15) is 0 Å². The number of amides is 2. The number of hydrogen-bond acceptors (Lipinski definition) is 4. The molecular weight excluding hydrogens is 346 g/mol. The Morgan fingerprint density at radius 2 is 1.67 bits per heavy atom. The molecule has 2 aromatic heterocycles. The van der Waals surface area contributed by atoms with Gasteiger partial charge in [0.05, 0.1) is 23.9 Å². The summed E-state index contributed by atoms with van der Waals surface area (Å²) in [6.07, 6.45) is 3.24. The molecule has 0 saturated carbocycles. The molecule has 0 unspecified atom stereocenters. The zero-order valence-corrected chi connectivity index (χ0v) is 14.7. The lowest BCUT2D eigenvalue weighted by atomic mass is 10.2. The van der Waals surface area contributed by atoms with Gasteiger partial charge in [-0.25, -0.2) is 0 Å². The number of furan rings is 2. The highest BCUT2D eigenvalue weighted by atomic mass is 16.3. The minimum atomic E-state index is -0.194. The van der Waals surface area contributed by atoms with Crippen molar-refractivity contribution in [3.8, 4) is 0 Å². The smallest absolute Gasteiger partial charge is 0.282 e. The average molecular weight is 366 g/mol. The van der Waals surface area contributed by atoms with Gasteiger partial charge in [-0.15, -0.1) is 0 Å². The maximum absolute atomic E-state index is 13.0. The summed E-state index contributed by atoms with van der Waals surface area (Å²) in [5.41, 5.74) is 1.37. The predicted octanol–water partition coefficient (Wildman–Crippen LogP) is 1.44. The second-order valence-corrected chi connectivity index (χ2v) is 6.48. The average Bonchev–Trinajstić information content (AvgIpc) is 3.35. The van der Waals surface area contributed by atoms with Gasteiger partial charge < -0.3 is 19.1 Å². The SMILES string of the molecule is O=C1CN(C(=O)C[NH+](Cc2ccco2)Cc2ccco2)c2ccccc2N1. The molecule has 0 aliphatic carbocycles. The number of hydrogen-bond donors (Lipinski definition) is 2. The zero-order valence-electron chi connectivity index (χ0n) is 14.7. The first-order valence-corrected chi connectivity index (χ1v) is 8.76. The first kappa shape index (κ1) is 17.1. The Hall–Kier alpha value is -3.32. The molecule has 1 aromatic carbocycles. The van der Waals surface area contributed by atoms with E-state index in [-0.39, 0.29) is 24.9 Å². The van der Waals surface area contributed by atoms with E-state index in [0.717, 1.165) is 22.1 Å². The highest BCUT2D eigenvalue weighted by Crippen LogP contribution is 2.28. The van der Waals surface area contributed by atoms with Gasteiger partial charge in [0.1, 0.15) is 19.6 Å². The van der Waals surface area contributed by atoms with Crippen LogP contribution in [0.1, 0.15) is 11.5 Å². The van der Waals surface area contributed by atoms with Gasteiger partial charge >= 0.3 is 0 Å². The fourth-order valence-corrected chi connectivity index (χ4v) is 3.27. The van der Waals surface area contributed by atoms with Gasteiger partial charge in [-0.05, 0) is 36.4 Å². The van der Waals surface area contributed by atoms with Crippen molar-refractivity contribution in [2.45, 2.75) is 13.1 Å². The fraction of sp³-hybridized carbons (Fsp3) is 0.200. The first-order chi connectivity index (χ1) is 13.2. The van der Waals surface area contributed by atoms with Crippen molar-refractivity contribution in [2.24, 2.45) is 0 Å². The van der Waals surface area contributed by atoms with Crippen LogP contribution in [0, 0.1) is 0 Å². The largest absolute Gasteiger partial charge is 0.463 e. The van der Waals surface area contributed by atoms with E-state index in [1.54, 1.807) is 23.5 Å². The number of nitrogens with zero attached hydrogens (tertiary/aromatic N) is 1. The van der Waals surface area contributed by atoms with Crippen LogP contribution in [0.3, 0.4) is 0 Å². The van der Waals surface area contributed by atoms with E-state index in [9.17, 15) is 9.59 Å². The van der Waals surface area contributed by atoms with Crippen molar-refractivity contribution in [1.82, 2.24) is 0 Å². The number of rotatable bonds is 6. The molecule has 0 radical (unpaired) electrons. The van der Waals surface area contributed by atoms with E-state index in [2.05, 4.69) is 5.32 Å². The summed E-state index contributed by atoms with van der Waals surface area (Å²) in [5.74, 6) is 1.27. The third-order valence-electron chi connectivity index (χ3n) is 4.48. The van der Waals surface area contributed by atoms with Gasteiger partial charge in [0.15, 0.2) is 18.1 Å². The fourth-order valence-electron chi connectivity index (χ4n) is 3.27. The molecule has 4 rings (SSSR count). The van der Waals surface area contributed by atoms with Crippen molar-refractivity contribution in [1.29, 1.82) is 0 Å². The molecule has 7 nitrogen and oxygen atoms in total. The summed E-state index contributed by atoms with van der Waals surface area (Å²) in [6.45, 7) is 1.32. The van der Waals surface area contributed by atoms with Crippen LogP contribution < -0.4 is 15.1 Å². The molecule has 138 valence electrons. The summed E-state index contributed by atoms with van der Waals surface area (Å²) in [5, 5.41) is 2.80. The maximum atomic E-state index is 13.0. The molecular formula is C20H20N3O4+. The van der Waals surface area contributed by atoms with Crippen LogP contribution in [0.25, 0.3) is 0 Å². The van der Waals surface area contributed by atoms with E-state index >= 15 is 0 Å². The summed E-state index contributed by atoms with van der Waals surface area (Å²) in [6, 6.07) is 14.7. The molecule has 2 amide bonds. The van der Waals surface area contributed by atoms with Crippen LogP contribution in [0.15, 0.2) is 69.9 Å². The lowest BCUT2D eigenvalue weighted by Crippen LogP contribution is -3.10. The van der Waals surface area contributed by atoms with E-state index in [1.807, 2.05) is 42.5 Å². The Balaban J connectivity index is 1.53. The van der Waals surface area contributed by atoms with Gasteiger partial charge in [-0.1, -0.05) is 12.1 Å². The van der Waals surface area contributed by atoms with E-state index < -0.39 is 0 Å². The lowest BCUT2D eigenvalue weighted by Gasteiger charge is -2.30. The molecule has 27 heavy (non-hydrogen) atoms. The first-order valence-electron chi connectivity index (χ1n) is 8.76. The monoisotopic (exact) mass is 366 g/mol. The molecule has 3 heterocycles. The number of nitrogens with one attached hydrogen (secondary N) is 2. The Kier molecular flexibility index (Phi) is 4.76. The molecule has 3 aromatic rings. The highest BCUT2D eigenvalue weighted by molar-refractivity contribution is 6.10. The molecule has 0 spiro atoms. The predicted molar refractivity (Wildman–Crippen MR) is 98.1 cm³/mol. The molecule has 1 aliphatic heterocycles. The Morgan fingerprint density at radius 3 is 2.30 bits per heavy atom. The van der Waals surface area contributed by atoms with E-state index in [4.69, 9.17) is 8.83 Å². The number of carbonyl (C=O) groups excluding carboxylic acids is 2. The minimum absolute atomic E-state index is 0.0185. The number of anilines is 2. The van der Waals surface area contributed by atoms with Crippen LogP contribution in [0.4, 0.5) is 11.4 Å². The van der Waals surface area contributed by atoms with Crippen LogP contribution in [0.5, 0.6) is 0 Å². The zero-order chi connectivity index (χ0) is 18.6. The molecule has 0 saturated heterocycles. The van der Waals surface area contributed by atoms with E-state index in [0.29, 0.717) is 18.8 Å². The Morgan fingerprint density at radius 1 is 1.00 bits per heavy atom. The van der Waals surface area contributed by atoms with Crippen LogP contribution in [0.2, 0.25) is 0 Å². The molecule has 0 atom stereocenters. The Labute approximate surface area is 156 Å². The van der Waals surface area contributed by atoms with Crippen LogP contribution >= 0.6 is 0 Å². The quantitative estimate of drug-likeness (QED) is 0.692. The lowest BCUT2D eigenvalue weighted by molar-refractivity contribution is -0.921. The number of benzene rings is 1. The number of para-hydroxylation sites is 2. The second-order valence-electron chi connectivity index (χ2n) is 6.48. The van der Waals surface area contributed by atoms with Gasteiger partial charge in [0.25, 0.3) is 5.91 Å². The van der Waals surface area contributed by atoms with Crippen LogP contribution in [-0.2, 0) is 22.7 Å². The second kappa shape index (κ2) is 7.51. The number of fused-ring (bicyclic) bond motifs is 1. The van der Waals surface area contributed by atoms with E-state index in [1.165, 1.54) is 0 Å². The minimum Gasteiger partial charge on any atom is -0.463 e. The maximum Gasteiger partial charge on any atom is 0.282 e. The standard InChI is InChI=1S/C20H19N3O4/c24-19-13-23(18-8-2-1-7-17(18)21-19)20(25)14-22(11-15-5-3-9-26-15)12-16-6-4-10-27-16/h1-10H,11-14H2,(H,21,24)/p+1. The van der Waals surface area contributed by atoms with Gasteiger partial charge in [0.2, 0.25) is 5.91 Å². The molecule has 0 bridgehead atoms. The van der Waals surface area contributed by atoms with Crippen molar-refractivity contribution >= 4 is 23.2 Å².